The highest BCUT2D eigenvalue weighted by molar-refractivity contribution is 5.54. The van der Waals surface area contributed by atoms with Crippen molar-refractivity contribution >= 4 is 0 Å². The number of halogens is 1. The van der Waals surface area contributed by atoms with Gasteiger partial charge in [-0.15, -0.1) is 9.89 Å². The molecule has 1 aromatic carbocycles. The molecule has 2 heterocycles. The fourth-order valence-electron chi connectivity index (χ4n) is 1.89. The van der Waals surface area contributed by atoms with E-state index in [0.29, 0.717) is 19.0 Å². The second-order valence-electron chi connectivity index (χ2n) is 3.96. The number of nitrogens with zero attached hydrogens (tertiary/aromatic N) is 5. The van der Waals surface area contributed by atoms with Crippen LogP contribution in [0.1, 0.15) is 0 Å². The number of hydrogen-bond donors (Lipinski definition) is 0. The van der Waals surface area contributed by atoms with Crippen molar-refractivity contribution in [1.29, 1.82) is 0 Å². The van der Waals surface area contributed by atoms with Crippen LogP contribution in [0.3, 0.4) is 0 Å². The average molecular weight is 249 g/mol. The van der Waals surface area contributed by atoms with Gasteiger partial charge in [0, 0.05) is 5.56 Å². The molecule has 1 saturated heterocycles. The average Bonchev–Trinajstić information content (AvgIpc) is 2.90. The maximum atomic E-state index is 12.9. The summed E-state index contributed by atoms with van der Waals surface area (Å²) < 4.78 is 18.2. The topological polar surface area (TPSA) is 56.1 Å². The van der Waals surface area contributed by atoms with Gasteiger partial charge in [0.1, 0.15) is 5.82 Å². The molecule has 1 aliphatic heterocycles. The summed E-state index contributed by atoms with van der Waals surface area (Å²) in [7, 11) is 0. The SMILES string of the molecule is Fc1ccc(-c2nnnn2N2CCOCC2)cc1. The van der Waals surface area contributed by atoms with E-state index in [9.17, 15) is 4.39 Å². The summed E-state index contributed by atoms with van der Waals surface area (Å²) in [6, 6.07) is 6.12. The third-order valence-electron chi connectivity index (χ3n) is 2.81. The molecule has 1 aliphatic rings. The van der Waals surface area contributed by atoms with Gasteiger partial charge in [0.25, 0.3) is 0 Å². The van der Waals surface area contributed by atoms with Gasteiger partial charge in [-0.05, 0) is 34.7 Å². The van der Waals surface area contributed by atoms with Crippen LogP contribution in [-0.2, 0) is 4.74 Å². The summed E-state index contributed by atoms with van der Waals surface area (Å²) in [4.78, 5) is 1.65. The van der Waals surface area contributed by atoms with Crippen LogP contribution < -0.4 is 5.01 Å². The van der Waals surface area contributed by atoms with Crippen LogP contribution in [-0.4, -0.2) is 46.6 Å². The predicted molar refractivity (Wildman–Crippen MR) is 62.0 cm³/mol. The quantitative estimate of drug-likeness (QED) is 0.773. The van der Waals surface area contributed by atoms with Gasteiger partial charge in [-0.2, -0.15) is 0 Å². The van der Waals surface area contributed by atoms with Gasteiger partial charge >= 0.3 is 0 Å². The Balaban J connectivity index is 1.93. The standard InChI is InChI=1S/C11H12FN5O/c12-10-3-1-9(2-4-10)11-13-14-15-17(11)16-5-7-18-8-6-16/h1-4H,5-8H2. The van der Waals surface area contributed by atoms with Gasteiger partial charge in [-0.1, -0.05) is 0 Å². The first kappa shape index (κ1) is 11.1. The maximum Gasteiger partial charge on any atom is 0.204 e. The van der Waals surface area contributed by atoms with Gasteiger partial charge in [0.15, 0.2) is 0 Å². The molecule has 3 rings (SSSR count). The molecule has 0 unspecified atom stereocenters. The highest BCUT2D eigenvalue weighted by atomic mass is 19.1. The summed E-state index contributed by atoms with van der Waals surface area (Å²) in [5.74, 6) is 0.334. The minimum Gasteiger partial charge on any atom is -0.378 e. The molecule has 0 N–H and O–H groups in total. The molecule has 94 valence electrons. The lowest BCUT2D eigenvalue weighted by Gasteiger charge is -2.28. The molecule has 0 aliphatic carbocycles. The monoisotopic (exact) mass is 249 g/mol. The second kappa shape index (κ2) is 4.69. The van der Waals surface area contributed by atoms with E-state index >= 15 is 0 Å². The number of morpholine rings is 1. The van der Waals surface area contributed by atoms with Crippen molar-refractivity contribution in [3.8, 4) is 11.4 Å². The first-order valence-corrected chi connectivity index (χ1v) is 5.72. The number of ether oxygens (including phenoxy) is 1. The Morgan fingerprint density at radius 2 is 1.83 bits per heavy atom. The highest BCUT2D eigenvalue weighted by Gasteiger charge is 2.17. The van der Waals surface area contributed by atoms with E-state index in [0.717, 1.165) is 18.7 Å². The van der Waals surface area contributed by atoms with E-state index in [1.807, 2.05) is 5.01 Å². The van der Waals surface area contributed by atoms with Crippen LogP contribution in [0, 0.1) is 5.82 Å². The van der Waals surface area contributed by atoms with E-state index in [2.05, 4.69) is 15.5 Å². The molecule has 0 spiro atoms. The lowest BCUT2D eigenvalue weighted by Crippen LogP contribution is -2.45. The number of benzene rings is 1. The van der Waals surface area contributed by atoms with Crippen LogP contribution in [0.2, 0.25) is 0 Å². The van der Waals surface area contributed by atoms with Crippen molar-refractivity contribution in [2.75, 3.05) is 31.3 Å². The van der Waals surface area contributed by atoms with E-state index < -0.39 is 0 Å². The van der Waals surface area contributed by atoms with Crippen LogP contribution in [0.4, 0.5) is 4.39 Å². The zero-order valence-electron chi connectivity index (χ0n) is 9.66. The molecule has 1 fully saturated rings. The van der Waals surface area contributed by atoms with Crippen molar-refractivity contribution in [3.05, 3.63) is 30.1 Å². The Hall–Kier alpha value is -2.02. The molecule has 0 amide bonds. The van der Waals surface area contributed by atoms with Crippen molar-refractivity contribution < 1.29 is 9.13 Å². The summed E-state index contributed by atoms with van der Waals surface area (Å²) in [5.41, 5.74) is 0.785. The summed E-state index contributed by atoms with van der Waals surface area (Å²) in [6.07, 6.45) is 0. The molecule has 6 nitrogen and oxygen atoms in total. The Morgan fingerprint density at radius 1 is 1.11 bits per heavy atom. The van der Waals surface area contributed by atoms with Gasteiger partial charge in [0.05, 0.1) is 26.3 Å². The largest absolute Gasteiger partial charge is 0.378 e. The zero-order valence-corrected chi connectivity index (χ0v) is 9.66. The van der Waals surface area contributed by atoms with Crippen LogP contribution in [0.25, 0.3) is 11.4 Å². The lowest BCUT2D eigenvalue weighted by atomic mass is 10.2. The van der Waals surface area contributed by atoms with Crippen molar-refractivity contribution in [3.63, 3.8) is 0 Å². The van der Waals surface area contributed by atoms with Crippen molar-refractivity contribution in [2.24, 2.45) is 0 Å². The molecule has 1 aromatic heterocycles. The normalized spacial score (nSPS) is 15.9. The number of tetrazole rings is 1. The van der Waals surface area contributed by atoms with Gasteiger partial charge < -0.3 is 4.74 Å². The second-order valence-corrected chi connectivity index (χ2v) is 3.96. The molecule has 0 radical (unpaired) electrons. The first-order chi connectivity index (χ1) is 8.84. The van der Waals surface area contributed by atoms with Crippen LogP contribution in [0.15, 0.2) is 24.3 Å². The zero-order chi connectivity index (χ0) is 12.4. The Kier molecular flexibility index (Phi) is 2.89. The molecule has 0 atom stereocenters. The minimum atomic E-state index is -0.274. The van der Waals surface area contributed by atoms with E-state index in [1.165, 1.54) is 12.1 Å². The third-order valence-corrected chi connectivity index (χ3v) is 2.81. The molecule has 0 bridgehead atoms. The fraction of sp³-hybridized carbons (Fsp3) is 0.364. The Labute approximate surface area is 103 Å². The number of hydrogen-bond acceptors (Lipinski definition) is 5. The smallest absolute Gasteiger partial charge is 0.204 e. The molecule has 2 aromatic rings. The molecule has 7 heteroatoms. The van der Waals surface area contributed by atoms with Crippen molar-refractivity contribution in [2.45, 2.75) is 0 Å². The van der Waals surface area contributed by atoms with Gasteiger partial charge in [-0.3, -0.25) is 5.01 Å². The number of aromatic nitrogens is 4. The lowest BCUT2D eigenvalue weighted by molar-refractivity contribution is 0.109. The van der Waals surface area contributed by atoms with E-state index in [4.69, 9.17) is 4.74 Å². The summed E-state index contributed by atoms with van der Waals surface area (Å²) in [5, 5.41) is 13.6. The molecule has 0 saturated carbocycles. The van der Waals surface area contributed by atoms with Crippen LogP contribution >= 0.6 is 0 Å². The summed E-state index contributed by atoms with van der Waals surface area (Å²) >= 11 is 0. The highest BCUT2D eigenvalue weighted by Crippen LogP contribution is 2.16. The molecule has 18 heavy (non-hydrogen) atoms. The van der Waals surface area contributed by atoms with E-state index in [-0.39, 0.29) is 5.82 Å². The van der Waals surface area contributed by atoms with Gasteiger partial charge in [-0.25, -0.2) is 4.39 Å². The molecular weight excluding hydrogens is 237 g/mol. The molecular formula is C11H12FN5O. The van der Waals surface area contributed by atoms with Crippen molar-refractivity contribution in [1.82, 2.24) is 20.3 Å². The fourth-order valence-corrected chi connectivity index (χ4v) is 1.89. The van der Waals surface area contributed by atoms with Crippen LogP contribution in [0.5, 0.6) is 0 Å². The summed E-state index contributed by atoms with van der Waals surface area (Å²) in [6.45, 7) is 2.78. The van der Waals surface area contributed by atoms with Gasteiger partial charge in [0.2, 0.25) is 5.82 Å². The van der Waals surface area contributed by atoms with E-state index in [1.54, 1.807) is 16.9 Å². The maximum absolute atomic E-state index is 12.9. The number of rotatable bonds is 2. The minimum absolute atomic E-state index is 0.274. The predicted octanol–water partition coefficient (Wildman–Crippen LogP) is 0.447. The Bertz CT molecular complexity index is 520. The third kappa shape index (κ3) is 2.04. The Morgan fingerprint density at radius 3 is 2.56 bits per heavy atom. The first-order valence-electron chi connectivity index (χ1n) is 5.72.